The van der Waals surface area contributed by atoms with Crippen molar-refractivity contribution in [3.05, 3.63) is 103 Å². The quantitative estimate of drug-likeness (QED) is 0.180. The fourth-order valence-corrected chi connectivity index (χ4v) is 5.82. The van der Waals surface area contributed by atoms with E-state index >= 15 is 0 Å². The van der Waals surface area contributed by atoms with Crippen molar-refractivity contribution in [2.24, 2.45) is 0 Å². The molecule has 5 rings (SSSR count). The highest BCUT2D eigenvalue weighted by atomic mass is 32.2. The Balaban J connectivity index is 1.31. The summed E-state index contributed by atoms with van der Waals surface area (Å²) in [6.07, 6.45) is 3.45. The molecule has 0 fully saturated rings. The fourth-order valence-electron chi connectivity index (χ4n) is 3.95. The van der Waals surface area contributed by atoms with Crippen molar-refractivity contribution in [3.8, 4) is 22.5 Å². The molecule has 5 aromatic rings. The lowest BCUT2D eigenvalue weighted by molar-refractivity contribution is -0.115. The summed E-state index contributed by atoms with van der Waals surface area (Å²) in [6.45, 7) is 1.93. The molecule has 3 N–H and O–H groups in total. The lowest BCUT2D eigenvalue weighted by atomic mass is 10.1. The number of imidazole rings is 1. The molecule has 2 heterocycles. The van der Waals surface area contributed by atoms with Gasteiger partial charge in [-0.1, -0.05) is 79.3 Å². The average molecular weight is 571 g/mol. The highest BCUT2D eigenvalue weighted by molar-refractivity contribution is 8.00. The first-order valence-electron chi connectivity index (χ1n) is 12.5. The number of anilines is 2. The number of thioether (sulfide) groups is 1. The Kier molecular flexibility index (Phi) is 8.23. The molecule has 1 amide bonds. The van der Waals surface area contributed by atoms with Crippen molar-refractivity contribution in [1.82, 2.24) is 19.9 Å². The van der Waals surface area contributed by atoms with Gasteiger partial charge in [-0.25, -0.2) is 28.1 Å². The number of nitrogens with one attached hydrogen (secondary N) is 3. The van der Waals surface area contributed by atoms with Crippen LogP contribution in [0, 0.1) is 0 Å². The normalized spacial score (nSPS) is 12.0. The smallest absolute Gasteiger partial charge is 0.264 e. The lowest BCUT2D eigenvalue weighted by Crippen LogP contribution is -2.24. The number of sulfonamides is 1. The third-order valence-electron chi connectivity index (χ3n) is 5.93. The second-order valence-electron chi connectivity index (χ2n) is 8.70. The Labute approximate surface area is 236 Å². The summed E-state index contributed by atoms with van der Waals surface area (Å²) >= 11 is 1.35. The number of carbonyl (C=O) groups excluding carboxylic acids is 1. The summed E-state index contributed by atoms with van der Waals surface area (Å²) < 4.78 is 27.6. The number of benzene rings is 3. The minimum absolute atomic E-state index is 0.0218. The van der Waals surface area contributed by atoms with E-state index in [0.717, 1.165) is 22.5 Å². The van der Waals surface area contributed by atoms with Crippen LogP contribution in [0.15, 0.2) is 113 Å². The molecule has 0 spiro atoms. The molecule has 1 atom stereocenters. The minimum Gasteiger partial charge on any atom is -0.332 e. The monoisotopic (exact) mass is 570 g/mol. The zero-order valence-corrected chi connectivity index (χ0v) is 23.1. The van der Waals surface area contributed by atoms with Crippen LogP contribution in [0.2, 0.25) is 0 Å². The summed E-state index contributed by atoms with van der Waals surface area (Å²) in [5, 5.41) is 3.09. The van der Waals surface area contributed by atoms with Crippen molar-refractivity contribution >= 4 is 39.3 Å². The van der Waals surface area contributed by atoms with E-state index in [1.54, 1.807) is 18.2 Å². The van der Waals surface area contributed by atoms with Gasteiger partial charge in [0.05, 0.1) is 21.5 Å². The van der Waals surface area contributed by atoms with Crippen LogP contribution < -0.4 is 10.0 Å². The maximum atomic E-state index is 13.2. The number of carbonyl (C=O) groups is 1. The second kappa shape index (κ2) is 12.1. The Hall–Kier alpha value is -4.48. The van der Waals surface area contributed by atoms with Gasteiger partial charge in [-0.15, -0.1) is 0 Å². The van der Waals surface area contributed by atoms with Gasteiger partial charge < -0.3 is 10.3 Å². The summed E-state index contributed by atoms with van der Waals surface area (Å²) in [7, 11) is -3.87. The largest absolute Gasteiger partial charge is 0.332 e. The third-order valence-corrected chi connectivity index (χ3v) is 8.53. The zero-order valence-electron chi connectivity index (χ0n) is 21.5. The van der Waals surface area contributed by atoms with E-state index < -0.39 is 15.3 Å². The van der Waals surface area contributed by atoms with Crippen molar-refractivity contribution in [2.45, 2.75) is 28.6 Å². The first-order chi connectivity index (χ1) is 19.4. The third kappa shape index (κ3) is 6.38. The molecule has 0 aliphatic heterocycles. The molecular formula is C29H26N6O3S2. The van der Waals surface area contributed by atoms with Crippen molar-refractivity contribution in [3.63, 3.8) is 0 Å². The molecule has 0 saturated carbocycles. The highest BCUT2D eigenvalue weighted by Gasteiger charge is 2.23. The Bertz CT molecular complexity index is 1620. The van der Waals surface area contributed by atoms with Crippen molar-refractivity contribution < 1.29 is 13.2 Å². The average Bonchev–Trinajstić information content (AvgIpc) is 3.41. The van der Waals surface area contributed by atoms with E-state index in [1.165, 1.54) is 36.3 Å². The number of H-pyrrole nitrogens is 1. The van der Waals surface area contributed by atoms with Crippen LogP contribution in [0.1, 0.15) is 13.3 Å². The summed E-state index contributed by atoms with van der Waals surface area (Å²) in [6, 6.07) is 27.4. The molecular weight excluding hydrogens is 544 g/mol. The predicted octanol–water partition coefficient (Wildman–Crippen LogP) is 5.84. The van der Waals surface area contributed by atoms with Gasteiger partial charge in [0.2, 0.25) is 11.9 Å². The van der Waals surface area contributed by atoms with E-state index in [1.807, 2.05) is 67.6 Å². The van der Waals surface area contributed by atoms with Crippen LogP contribution in [0.4, 0.5) is 11.6 Å². The Morgan fingerprint density at radius 1 is 0.875 bits per heavy atom. The fraction of sp³-hybridized carbons (Fsp3) is 0.103. The van der Waals surface area contributed by atoms with Gasteiger partial charge in [0.25, 0.3) is 10.0 Å². The number of rotatable bonds is 10. The maximum absolute atomic E-state index is 13.2. The SMILES string of the molecule is CCC(Sc1nc(-c2ccccc2)c(-c2ccccc2)[nH]1)C(=O)Nc1ccc(S(=O)(=O)Nc2ncccn2)cc1. The predicted molar refractivity (Wildman–Crippen MR) is 157 cm³/mol. The number of hydrogen-bond donors (Lipinski definition) is 3. The maximum Gasteiger partial charge on any atom is 0.264 e. The first kappa shape index (κ1) is 27.1. The highest BCUT2D eigenvalue weighted by Crippen LogP contribution is 2.34. The molecule has 202 valence electrons. The van der Waals surface area contributed by atoms with Crippen LogP contribution in [0.5, 0.6) is 0 Å². The van der Waals surface area contributed by atoms with Crippen molar-refractivity contribution in [1.29, 1.82) is 0 Å². The first-order valence-corrected chi connectivity index (χ1v) is 14.9. The molecule has 0 radical (unpaired) electrons. The van der Waals surface area contributed by atoms with Crippen LogP contribution in [0.25, 0.3) is 22.5 Å². The van der Waals surface area contributed by atoms with Crippen LogP contribution in [-0.4, -0.2) is 39.5 Å². The molecule has 0 aliphatic carbocycles. The van der Waals surface area contributed by atoms with Crippen LogP contribution in [-0.2, 0) is 14.8 Å². The molecule has 2 aromatic heterocycles. The second-order valence-corrected chi connectivity index (χ2v) is 11.6. The zero-order chi connectivity index (χ0) is 28.0. The number of amides is 1. The van der Waals surface area contributed by atoms with Gasteiger partial charge in [0.15, 0.2) is 5.16 Å². The number of aromatic nitrogens is 4. The molecule has 40 heavy (non-hydrogen) atoms. The van der Waals surface area contributed by atoms with E-state index in [2.05, 4.69) is 25.0 Å². The molecule has 0 saturated heterocycles. The summed E-state index contributed by atoms with van der Waals surface area (Å²) in [5.41, 5.74) is 4.16. The standard InChI is InChI=1S/C29H26N6O3S2/c1-2-24(27(36)32-22-14-16-23(17-15-22)40(37,38)35-28-30-18-9-19-31-28)39-29-33-25(20-10-5-3-6-11-20)26(34-29)21-12-7-4-8-13-21/h3-19,24H,2H2,1H3,(H,32,36)(H,33,34)(H,30,31,35). The van der Waals surface area contributed by atoms with Gasteiger partial charge in [-0.3, -0.25) is 4.79 Å². The van der Waals surface area contributed by atoms with E-state index in [-0.39, 0.29) is 16.8 Å². The molecule has 11 heteroatoms. The van der Waals surface area contributed by atoms with Gasteiger partial charge in [-0.05, 0) is 36.8 Å². The minimum atomic E-state index is -3.87. The van der Waals surface area contributed by atoms with Gasteiger partial charge in [0.1, 0.15) is 0 Å². The Morgan fingerprint density at radius 2 is 1.50 bits per heavy atom. The molecule has 3 aromatic carbocycles. The molecule has 0 bridgehead atoms. The number of aromatic amines is 1. The lowest BCUT2D eigenvalue weighted by Gasteiger charge is -2.14. The van der Waals surface area contributed by atoms with E-state index in [0.29, 0.717) is 17.3 Å². The van der Waals surface area contributed by atoms with E-state index in [9.17, 15) is 13.2 Å². The van der Waals surface area contributed by atoms with Gasteiger partial charge in [-0.2, -0.15) is 0 Å². The summed E-state index contributed by atoms with van der Waals surface area (Å²) in [4.78, 5) is 29.2. The Morgan fingerprint density at radius 3 is 2.12 bits per heavy atom. The van der Waals surface area contributed by atoms with Crippen molar-refractivity contribution in [2.75, 3.05) is 10.0 Å². The molecule has 0 aliphatic rings. The van der Waals surface area contributed by atoms with Crippen LogP contribution in [0.3, 0.4) is 0 Å². The topological polar surface area (TPSA) is 130 Å². The number of nitrogens with zero attached hydrogens (tertiary/aromatic N) is 3. The van der Waals surface area contributed by atoms with Gasteiger partial charge in [0, 0.05) is 29.2 Å². The molecule has 1 unspecified atom stereocenters. The number of hydrogen-bond acceptors (Lipinski definition) is 7. The van der Waals surface area contributed by atoms with E-state index in [4.69, 9.17) is 4.98 Å². The van der Waals surface area contributed by atoms with Crippen LogP contribution >= 0.6 is 11.8 Å². The summed E-state index contributed by atoms with van der Waals surface area (Å²) in [5.74, 6) is -0.232. The molecule has 9 nitrogen and oxygen atoms in total. The van der Waals surface area contributed by atoms with Gasteiger partial charge >= 0.3 is 0 Å².